The van der Waals surface area contributed by atoms with Crippen LogP contribution in [0.5, 0.6) is 0 Å². The zero-order valence-electron chi connectivity index (χ0n) is 16.2. The number of ether oxygens (including phenoxy) is 4. The average Bonchev–Trinajstić information content (AvgIpc) is 3.44. The molecule has 1 aliphatic heterocycles. The summed E-state index contributed by atoms with van der Waals surface area (Å²) >= 11 is 0. The molecule has 0 atom stereocenters. The zero-order valence-corrected chi connectivity index (χ0v) is 16.2. The van der Waals surface area contributed by atoms with Crippen molar-refractivity contribution in [1.29, 1.82) is 0 Å². The highest BCUT2D eigenvalue weighted by molar-refractivity contribution is 6.02. The summed E-state index contributed by atoms with van der Waals surface area (Å²) < 4.78 is 20.9. The van der Waals surface area contributed by atoms with Crippen molar-refractivity contribution in [2.24, 2.45) is 11.8 Å². The van der Waals surface area contributed by atoms with Gasteiger partial charge < -0.3 is 18.9 Å². The van der Waals surface area contributed by atoms with Gasteiger partial charge in [0, 0.05) is 0 Å². The van der Waals surface area contributed by atoms with E-state index in [1.165, 1.54) is 63.9 Å². The van der Waals surface area contributed by atoms with Gasteiger partial charge >= 0.3 is 17.7 Å². The van der Waals surface area contributed by atoms with Gasteiger partial charge in [-0.05, 0) is 37.5 Å². The van der Waals surface area contributed by atoms with Crippen LogP contribution in [-0.2, 0) is 28.5 Å². The third-order valence-electron chi connectivity index (χ3n) is 5.99. The molecular weight excluding hydrogens is 348 g/mol. The summed E-state index contributed by atoms with van der Waals surface area (Å²) in [7, 11) is 0. The topological polar surface area (TPSA) is 71.1 Å². The molecule has 6 nitrogen and oxygen atoms in total. The average molecular weight is 380 g/mol. The maximum atomic E-state index is 12.4. The molecule has 0 aromatic carbocycles. The Balaban J connectivity index is 1.38. The van der Waals surface area contributed by atoms with Gasteiger partial charge in [0.25, 0.3) is 0 Å². The molecule has 0 bridgehead atoms. The predicted octanol–water partition coefficient (Wildman–Crippen LogP) is 4.23. The number of rotatable bonds is 10. The van der Waals surface area contributed by atoms with E-state index in [1.54, 1.807) is 0 Å². The van der Waals surface area contributed by atoms with Crippen LogP contribution in [0, 0.1) is 11.8 Å². The smallest absolute Gasteiger partial charge is 0.452 e. The van der Waals surface area contributed by atoms with Crippen molar-refractivity contribution >= 4 is 11.9 Å². The van der Waals surface area contributed by atoms with E-state index in [9.17, 15) is 9.59 Å². The van der Waals surface area contributed by atoms with Gasteiger partial charge in [0.15, 0.2) is 0 Å². The van der Waals surface area contributed by atoms with E-state index in [0.717, 1.165) is 37.5 Å². The first kappa shape index (κ1) is 20.0. The lowest BCUT2D eigenvalue weighted by Crippen LogP contribution is -2.50. The van der Waals surface area contributed by atoms with Gasteiger partial charge in [-0.1, -0.05) is 51.4 Å². The van der Waals surface area contributed by atoms with Gasteiger partial charge in [-0.15, -0.1) is 0 Å². The van der Waals surface area contributed by atoms with Gasteiger partial charge in [0.1, 0.15) is 12.5 Å². The number of hydrogen-bond acceptors (Lipinski definition) is 6. The summed E-state index contributed by atoms with van der Waals surface area (Å²) in [4.78, 5) is 24.9. The Morgan fingerprint density at radius 1 is 0.778 bits per heavy atom. The van der Waals surface area contributed by atoms with Crippen molar-refractivity contribution < 1.29 is 28.5 Å². The maximum absolute atomic E-state index is 12.4. The van der Waals surface area contributed by atoms with Gasteiger partial charge in [0.05, 0.1) is 13.2 Å². The second-order valence-corrected chi connectivity index (χ2v) is 7.98. The van der Waals surface area contributed by atoms with Crippen molar-refractivity contribution in [3.63, 3.8) is 0 Å². The molecule has 0 amide bonds. The van der Waals surface area contributed by atoms with Crippen molar-refractivity contribution in [1.82, 2.24) is 0 Å². The number of hydrogen-bond donors (Lipinski definition) is 0. The first-order valence-corrected chi connectivity index (χ1v) is 10.6. The Morgan fingerprint density at radius 2 is 1.19 bits per heavy atom. The molecule has 0 spiro atoms. The quantitative estimate of drug-likeness (QED) is 0.321. The van der Waals surface area contributed by atoms with Crippen LogP contribution in [0.25, 0.3) is 0 Å². The molecule has 2 saturated carbocycles. The minimum atomic E-state index is -2.12. The fraction of sp³-hybridized carbons (Fsp3) is 0.810. The van der Waals surface area contributed by atoms with Crippen LogP contribution in [0.1, 0.15) is 77.0 Å². The van der Waals surface area contributed by atoms with E-state index in [1.807, 2.05) is 0 Å². The maximum Gasteiger partial charge on any atom is 0.452 e. The predicted molar refractivity (Wildman–Crippen MR) is 98.3 cm³/mol. The van der Waals surface area contributed by atoms with Crippen LogP contribution in [-0.4, -0.2) is 30.9 Å². The summed E-state index contributed by atoms with van der Waals surface area (Å²) in [5, 5.41) is 0. The number of carbonyl (C=O) groups is 2. The molecule has 0 unspecified atom stereocenters. The first-order valence-electron chi connectivity index (χ1n) is 10.6. The molecule has 2 fully saturated rings. The van der Waals surface area contributed by atoms with Crippen molar-refractivity contribution in [2.75, 3.05) is 13.2 Å². The Kier molecular flexibility index (Phi) is 7.41. The van der Waals surface area contributed by atoms with Gasteiger partial charge in [-0.2, -0.15) is 0 Å². The van der Waals surface area contributed by atoms with Gasteiger partial charge in [-0.3, -0.25) is 0 Å². The van der Waals surface area contributed by atoms with Crippen LogP contribution < -0.4 is 0 Å². The molecule has 27 heavy (non-hydrogen) atoms. The standard InChI is InChI=1S/C21H32O6/c22-19(24-13-5-11-17-7-1-2-8-17)21(26-15-16-27-21)20(23)25-14-6-12-18-9-3-4-10-18/h15-18H,1-14H2. The fourth-order valence-electron chi connectivity index (χ4n) is 4.41. The molecular formula is C21H32O6. The second kappa shape index (κ2) is 10.00. The third-order valence-corrected chi connectivity index (χ3v) is 5.99. The van der Waals surface area contributed by atoms with Crippen LogP contribution in [0.3, 0.4) is 0 Å². The van der Waals surface area contributed by atoms with Gasteiger partial charge in [0.2, 0.25) is 0 Å². The summed E-state index contributed by atoms with van der Waals surface area (Å²) in [6.07, 6.45) is 16.3. The molecule has 0 radical (unpaired) electrons. The molecule has 0 aromatic heterocycles. The molecule has 3 rings (SSSR count). The fourth-order valence-corrected chi connectivity index (χ4v) is 4.41. The van der Waals surface area contributed by atoms with Gasteiger partial charge in [-0.25, -0.2) is 9.59 Å². The van der Waals surface area contributed by atoms with E-state index in [2.05, 4.69) is 0 Å². The van der Waals surface area contributed by atoms with E-state index >= 15 is 0 Å². The molecule has 1 heterocycles. The lowest BCUT2D eigenvalue weighted by molar-refractivity contribution is -0.217. The molecule has 2 aliphatic carbocycles. The Labute approximate surface area is 161 Å². The number of carbonyl (C=O) groups excluding carboxylic acids is 2. The third kappa shape index (κ3) is 5.39. The molecule has 0 saturated heterocycles. The Hall–Kier alpha value is -1.72. The van der Waals surface area contributed by atoms with Crippen molar-refractivity contribution in [3.05, 3.63) is 12.5 Å². The van der Waals surface area contributed by atoms with E-state index in [0.29, 0.717) is 0 Å². The molecule has 0 aromatic rings. The largest absolute Gasteiger partial charge is 0.459 e. The normalized spacial score (nSPS) is 21.8. The monoisotopic (exact) mass is 380 g/mol. The minimum absolute atomic E-state index is 0.263. The highest BCUT2D eigenvalue weighted by Crippen LogP contribution is 2.30. The van der Waals surface area contributed by atoms with Crippen LogP contribution >= 0.6 is 0 Å². The lowest BCUT2D eigenvalue weighted by Gasteiger charge is -2.23. The summed E-state index contributed by atoms with van der Waals surface area (Å²) in [6, 6.07) is 0. The van der Waals surface area contributed by atoms with E-state index in [-0.39, 0.29) is 13.2 Å². The summed E-state index contributed by atoms with van der Waals surface area (Å²) in [5.41, 5.74) is 0. The first-order chi connectivity index (χ1) is 13.2. The van der Waals surface area contributed by atoms with Crippen LogP contribution in [0.2, 0.25) is 0 Å². The molecule has 3 aliphatic rings. The molecule has 6 heteroatoms. The second-order valence-electron chi connectivity index (χ2n) is 7.98. The van der Waals surface area contributed by atoms with E-state index in [4.69, 9.17) is 18.9 Å². The van der Waals surface area contributed by atoms with Crippen molar-refractivity contribution in [3.8, 4) is 0 Å². The lowest BCUT2D eigenvalue weighted by atomic mass is 10.0. The Morgan fingerprint density at radius 3 is 1.59 bits per heavy atom. The zero-order chi connectivity index (χ0) is 19.0. The van der Waals surface area contributed by atoms with Crippen LogP contribution in [0.15, 0.2) is 12.5 Å². The van der Waals surface area contributed by atoms with E-state index < -0.39 is 17.7 Å². The summed E-state index contributed by atoms with van der Waals surface area (Å²) in [6.45, 7) is 0.525. The molecule has 0 N–H and O–H groups in total. The minimum Gasteiger partial charge on any atom is -0.459 e. The number of esters is 2. The SMILES string of the molecule is O=C(OCCCC1CCCC1)C1(C(=O)OCCCC2CCCC2)OC=CO1. The van der Waals surface area contributed by atoms with Crippen LogP contribution in [0.4, 0.5) is 0 Å². The van der Waals surface area contributed by atoms with Crippen molar-refractivity contribution in [2.45, 2.75) is 82.8 Å². The highest BCUT2D eigenvalue weighted by atomic mass is 16.8. The highest BCUT2D eigenvalue weighted by Gasteiger charge is 2.56. The molecule has 152 valence electrons. The summed E-state index contributed by atoms with van der Waals surface area (Å²) in [5.74, 6) is -2.31. The Bertz CT molecular complexity index is 471.